The Morgan fingerprint density at radius 2 is 2.15 bits per heavy atom. The van der Waals surface area contributed by atoms with E-state index in [0.29, 0.717) is 5.92 Å². The maximum absolute atomic E-state index is 5.26. The van der Waals surface area contributed by atoms with E-state index >= 15 is 0 Å². The Kier molecular flexibility index (Phi) is 2.12. The molecule has 68 valence electrons. The number of hydrogen-bond acceptors (Lipinski definition) is 2. The highest BCUT2D eigenvalue weighted by molar-refractivity contribution is 9.10. The van der Waals surface area contributed by atoms with Crippen LogP contribution in [-0.2, 0) is 0 Å². The molecule has 0 radical (unpaired) electrons. The summed E-state index contributed by atoms with van der Waals surface area (Å²) in [5.41, 5.74) is 0.915. The molecule has 1 aromatic heterocycles. The number of rotatable bonds is 1. The molecule has 0 atom stereocenters. The fourth-order valence-corrected chi connectivity index (χ4v) is 1.70. The van der Waals surface area contributed by atoms with Crippen LogP contribution in [0.5, 0.6) is 0 Å². The van der Waals surface area contributed by atoms with Crippen molar-refractivity contribution in [3.63, 3.8) is 0 Å². The quantitative estimate of drug-likeness (QED) is 0.759. The lowest BCUT2D eigenvalue weighted by molar-refractivity contribution is 0.378. The Morgan fingerprint density at radius 1 is 1.38 bits per heavy atom. The van der Waals surface area contributed by atoms with Crippen LogP contribution in [0.4, 0.5) is 0 Å². The SMILES string of the molecule is CC(C)c1onc2cc(Br)ccc12. The predicted molar refractivity (Wildman–Crippen MR) is 55.8 cm³/mol. The number of halogens is 1. The molecule has 0 aliphatic heterocycles. The standard InChI is InChI=1S/C10H10BrNO/c1-6(2)10-8-4-3-7(11)5-9(8)12-13-10/h3-6H,1-2H3. The molecule has 0 aliphatic rings. The van der Waals surface area contributed by atoms with Crippen LogP contribution in [0.3, 0.4) is 0 Å². The summed E-state index contributed by atoms with van der Waals surface area (Å²) in [7, 11) is 0. The van der Waals surface area contributed by atoms with Crippen LogP contribution in [0, 0.1) is 0 Å². The van der Waals surface area contributed by atoms with Crippen LogP contribution >= 0.6 is 15.9 Å². The molecule has 0 spiro atoms. The molecule has 0 fully saturated rings. The highest BCUT2D eigenvalue weighted by atomic mass is 79.9. The summed E-state index contributed by atoms with van der Waals surface area (Å²) in [6.07, 6.45) is 0. The van der Waals surface area contributed by atoms with Gasteiger partial charge in [0.1, 0.15) is 11.3 Å². The van der Waals surface area contributed by atoms with Crippen molar-refractivity contribution in [2.45, 2.75) is 19.8 Å². The first-order chi connectivity index (χ1) is 6.18. The first-order valence-electron chi connectivity index (χ1n) is 4.23. The first kappa shape index (κ1) is 8.75. The smallest absolute Gasteiger partial charge is 0.147 e. The van der Waals surface area contributed by atoms with Crippen molar-refractivity contribution in [1.29, 1.82) is 0 Å². The van der Waals surface area contributed by atoms with E-state index in [9.17, 15) is 0 Å². The molecular weight excluding hydrogens is 230 g/mol. The van der Waals surface area contributed by atoms with Gasteiger partial charge in [0.15, 0.2) is 0 Å². The molecule has 13 heavy (non-hydrogen) atoms. The Morgan fingerprint density at radius 3 is 2.85 bits per heavy atom. The van der Waals surface area contributed by atoms with Crippen LogP contribution in [0.25, 0.3) is 10.9 Å². The average molecular weight is 240 g/mol. The maximum Gasteiger partial charge on any atom is 0.147 e. The Balaban J connectivity index is 2.69. The third kappa shape index (κ3) is 1.48. The van der Waals surface area contributed by atoms with Crippen molar-refractivity contribution in [3.8, 4) is 0 Å². The zero-order chi connectivity index (χ0) is 9.42. The second-order valence-electron chi connectivity index (χ2n) is 3.36. The third-order valence-corrected chi connectivity index (χ3v) is 2.49. The lowest BCUT2D eigenvalue weighted by Crippen LogP contribution is -1.82. The van der Waals surface area contributed by atoms with Gasteiger partial charge in [-0.25, -0.2) is 0 Å². The van der Waals surface area contributed by atoms with E-state index in [1.165, 1.54) is 0 Å². The highest BCUT2D eigenvalue weighted by Crippen LogP contribution is 2.26. The minimum atomic E-state index is 0.381. The van der Waals surface area contributed by atoms with E-state index in [-0.39, 0.29) is 0 Å². The van der Waals surface area contributed by atoms with E-state index in [2.05, 4.69) is 34.9 Å². The zero-order valence-corrected chi connectivity index (χ0v) is 9.13. The summed E-state index contributed by atoms with van der Waals surface area (Å²) in [6, 6.07) is 6.00. The van der Waals surface area contributed by atoms with Gasteiger partial charge in [-0.1, -0.05) is 34.9 Å². The molecule has 0 unspecified atom stereocenters. The van der Waals surface area contributed by atoms with E-state index < -0.39 is 0 Å². The number of benzene rings is 1. The number of hydrogen-bond donors (Lipinski definition) is 0. The van der Waals surface area contributed by atoms with E-state index in [1.54, 1.807) is 0 Å². The molecule has 2 nitrogen and oxygen atoms in total. The minimum Gasteiger partial charge on any atom is -0.360 e. The molecule has 0 amide bonds. The number of nitrogens with zero attached hydrogens (tertiary/aromatic N) is 1. The van der Waals surface area contributed by atoms with Crippen LogP contribution in [0.1, 0.15) is 25.5 Å². The van der Waals surface area contributed by atoms with Crippen molar-refractivity contribution in [2.24, 2.45) is 0 Å². The second kappa shape index (κ2) is 3.14. The van der Waals surface area contributed by atoms with Crippen molar-refractivity contribution in [1.82, 2.24) is 5.16 Å². The molecule has 0 aliphatic carbocycles. The van der Waals surface area contributed by atoms with Gasteiger partial charge < -0.3 is 4.52 Å². The monoisotopic (exact) mass is 239 g/mol. The van der Waals surface area contributed by atoms with E-state index in [0.717, 1.165) is 21.1 Å². The Labute approximate surface area is 85.0 Å². The maximum atomic E-state index is 5.26. The fraction of sp³-hybridized carbons (Fsp3) is 0.300. The van der Waals surface area contributed by atoms with Gasteiger partial charge in [-0.3, -0.25) is 0 Å². The average Bonchev–Trinajstić information content (AvgIpc) is 2.46. The van der Waals surface area contributed by atoms with Crippen molar-refractivity contribution < 1.29 is 4.52 Å². The number of aromatic nitrogens is 1. The Hall–Kier alpha value is -0.830. The molecule has 0 saturated heterocycles. The second-order valence-corrected chi connectivity index (χ2v) is 4.28. The van der Waals surface area contributed by atoms with Crippen molar-refractivity contribution >= 4 is 26.8 Å². The normalized spacial score (nSPS) is 11.4. The summed E-state index contributed by atoms with van der Waals surface area (Å²) in [5, 5.41) is 5.11. The molecule has 0 saturated carbocycles. The third-order valence-electron chi connectivity index (χ3n) is 1.99. The van der Waals surface area contributed by atoms with Crippen LogP contribution in [-0.4, -0.2) is 5.16 Å². The minimum absolute atomic E-state index is 0.381. The lowest BCUT2D eigenvalue weighted by atomic mass is 10.1. The van der Waals surface area contributed by atoms with Gasteiger partial charge in [-0.2, -0.15) is 0 Å². The summed E-state index contributed by atoms with van der Waals surface area (Å²) in [5.74, 6) is 1.34. The molecule has 0 N–H and O–H groups in total. The summed E-state index contributed by atoms with van der Waals surface area (Å²) < 4.78 is 6.29. The first-order valence-corrected chi connectivity index (χ1v) is 5.02. The van der Waals surface area contributed by atoms with Gasteiger partial charge in [0.05, 0.1) is 0 Å². The number of fused-ring (bicyclic) bond motifs is 1. The van der Waals surface area contributed by atoms with Crippen LogP contribution in [0.15, 0.2) is 27.2 Å². The molecule has 0 bridgehead atoms. The molecule has 2 aromatic rings. The molecule has 1 heterocycles. The van der Waals surface area contributed by atoms with E-state index in [4.69, 9.17) is 4.52 Å². The molecule has 2 rings (SSSR count). The van der Waals surface area contributed by atoms with Gasteiger partial charge in [0.2, 0.25) is 0 Å². The van der Waals surface area contributed by atoms with Crippen LogP contribution < -0.4 is 0 Å². The highest BCUT2D eigenvalue weighted by Gasteiger charge is 2.11. The molecule has 3 heteroatoms. The summed E-state index contributed by atoms with van der Waals surface area (Å²) in [6.45, 7) is 4.20. The molecule has 1 aromatic carbocycles. The van der Waals surface area contributed by atoms with E-state index in [1.807, 2.05) is 18.2 Å². The van der Waals surface area contributed by atoms with Gasteiger partial charge in [0.25, 0.3) is 0 Å². The van der Waals surface area contributed by atoms with Gasteiger partial charge >= 0.3 is 0 Å². The van der Waals surface area contributed by atoms with Crippen molar-refractivity contribution in [2.75, 3.05) is 0 Å². The zero-order valence-electron chi connectivity index (χ0n) is 7.54. The largest absolute Gasteiger partial charge is 0.360 e. The van der Waals surface area contributed by atoms with Gasteiger partial charge in [0, 0.05) is 15.8 Å². The van der Waals surface area contributed by atoms with Crippen LogP contribution in [0.2, 0.25) is 0 Å². The summed E-state index contributed by atoms with van der Waals surface area (Å²) in [4.78, 5) is 0. The predicted octanol–water partition coefficient (Wildman–Crippen LogP) is 3.71. The van der Waals surface area contributed by atoms with Gasteiger partial charge in [-0.05, 0) is 18.2 Å². The molecular formula is C10H10BrNO. The van der Waals surface area contributed by atoms with Gasteiger partial charge in [-0.15, -0.1) is 0 Å². The fourth-order valence-electron chi connectivity index (χ4n) is 1.35. The Bertz CT molecular complexity index is 433. The topological polar surface area (TPSA) is 26.0 Å². The lowest BCUT2D eigenvalue weighted by Gasteiger charge is -1.97. The van der Waals surface area contributed by atoms with Crippen molar-refractivity contribution in [3.05, 3.63) is 28.4 Å². The summed E-state index contributed by atoms with van der Waals surface area (Å²) >= 11 is 3.40.